The summed E-state index contributed by atoms with van der Waals surface area (Å²) in [6.45, 7) is 24.6. The average molecular weight is 834 g/mol. The third-order valence-electron chi connectivity index (χ3n) is 12.4. The Morgan fingerprint density at radius 1 is 1.02 bits per heavy atom. The Morgan fingerprint density at radius 3 is 2.47 bits per heavy atom. The number of nitrogens with zero attached hydrogens (tertiary/aromatic N) is 1. The number of hydrogen-bond donors (Lipinski definition) is 1. The highest BCUT2D eigenvalue weighted by molar-refractivity contribution is 8.00. The first kappa shape index (κ1) is 46.6. The molecule has 0 fully saturated rings. The summed E-state index contributed by atoms with van der Waals surface area (Å²) in [5.41, 5.74) is 14.6. The fourth-order valence-corrected chi connectivity index (χ4v) is 10.5. The number of allylic oxidation sites excluding steroid dienone is 20. The van der Waals surface area contributed by atoms with Crippen molar-refractivity contribution < 1.29 is 4.79 Å². The highest BCUT2D eigenvalue weighted by Gasteiger charge is 2.33. The van der Waals surface area contributed by atoms with E-state index >= 15 is 0 Å². The summed E-state index contributed by atoms with van der Waals surface area (Å²) in [6, 6.07) is 17.5. The molecule has 0 amide bonds. The van der Waals surface area contributed by atoms with E-state index in [0.717, 1.165) is 66.7 Å². The smallest absolute Gasteiger partial charge is 0.142 e. The summed E-state index contributed by atoms with van der Waals surface area (Å²) in [7, 11) is 0. The molecule has 314 valence electrons. The molecule has 3 unspecified atom stereocenters. The maximum Gasteiger partial charge on any atom is 0.142 e. The van der Waals surface area contributed by atoms with Crippen LogP contribution in [0.5, 0.6) is 0 Å². The van der Waals surface area contributed by atoms with Gasteiger partial charge in [-0.25, -0.2) is 0 Å². The Hall–Kier alpha value is -4.51. The van der Waals surface area contributed by atoms with Crippen LogP contribution in [-0.2, 0) is 4.79 Å². The third-order valence-corrected chi connectivity index (χ3v) is 14.4. The molecule has 2 nitrogen and oxygen atoms in total. The zero-order valence-corrected chi connectivity index (χ0v) is 39.3. The molecule has 0 spiro atoms. The van der Waals surface area contributed by atoms with Crippen LogP contribution in [0.3, 0.4) is 0 Å². The molecule has 1 aliphatic heterocycles. The molecule has 4 atom stereocenters. The molecule has 5 rings (SSSR count). The Morgan fingerprint density at radius 2 is 1.77 bits per heavy atom. The van der Waals surface area contributed by atoms with Gasteiger partial charge in [0.1, 0.15) is 6.29 Å². The number of aryl methyl sites for hydroxylation is 1. The number of thiol groups is 1. The van der Waals surface area contributed by atoms with Crippen LogP contribution in [0.2, 0.25) is 0 Å². The van der Waals surface area contributed by atoms with Crippen LogP contribution in [-0.4, -0.2) is 16.4 Å². The maximum absolute atomic E-state index is 11.3. The molecule has 1 heterocycles. The first-order valence-electron chi connectivity index (χ1n) is 21.9. The Balaban J connectivity index is 1.52. The number of rotatable bonds is 17. The second-order valence-corrected chi connectivity index (χ2v) is 18.4. The molecule has 60 heavy (non-hydrogen) atoms. The largest absolute Gasteiger partial charge is 0.315 e. The first-order valence-corrected chi connectivity index (χ1v) is 23.3. The number of aldehydes is 1. The summed E-state index contributed by atoms with van der Waals surface area (Å²) < 4.78 is 0. The molecule has 0 N–H and O–H groups in total. The minimum atomic E-state index is -0.272. The molecular weight excluding hydrogens is 767 g/mol. The van der Waals surface area contributed by atoms with Crippen molar-refractivity contribution in [3.63, 3.8) is 0 Å². The highest BCUT2D eigenvalue weighted by Crippen LogP contribution is 2.50. The molecule has 3 aliphatic rings. The van der Waals surface area contributed by atoms with Gasteiger partial charge in [-0.15, -0.1) is 24.4 Å². The van der Waals surface area contributed by atoms with E-state index in [2.05, 4.69) is 183 Å². The lowest BCUT2D eigenvalue weighted by atomic mass is 9.78. The van der Waals surface area contributed by atoms with Crippen molar-refractivity contribution in [2.75, 3.05) is 0 Å². The van der Waals surface area contributed by atoms with Gasteiger partial charge in [0.05, 0.1) is 0 Å². The fourth-order valence-electron chi connectivity index (χ4n) is 8.71. The van der Waals surface area contributed by atoms with Gasteiger partial charge in [-0.2, -0.15) is 0 Å². The van der Waals surface area contributed by atoms with Crippen molar-refractivity contribution in [1.82, 2.24) is 4.90 Å². The van der Waals surface area contributed by atoms with Gasteiger partial charge >= 0.3 is 0 Å². The number of carbonyl (C=O) groups is 1. The average Bonchev–Trinajstić information content (AvgIpc) is 3.52. The van der Waals surface area contributed by atoms with Crippen molar-refractivity contribution in [3.8, 4) is 0 Å². The van der Waals surface area contributed by atoms with Crippen molar-refractivity contribution in [3.05, 3.63) is 195 Å². The van der Waals surface area contributed by atoms with Gasteiger partial charge in [0.25, 0.3) is 0 Å². The van der Waals surface area contributed by atoms with Crippen LogP contribution in [0, 0.1) is 24.2 Å². The minimum Gasteiger partial charge on any atom is -0.315 e. The van der Waals surface area contributed by atoms with E-state index in [4.69, 9.17) is 19.2 Å². The number of carbonyl (C=O) groups excluding carboxylic acids is 1. The van der Waals surface area contributed by atoms with E-state index in [1.54, 1.807) is 6.08 Å². The lowest BCUT2D eigenvalue weighted by Crippen LogP contribution is -2.20. The molecule has 0 saturated carbocycles. The summed E-state index contributed by atoms with van der Waals surface area (Å²) in [4.78, 5) is 16.2. The minimum absolute atomic E-state index is 0.272. The zero-order valence-electron chi connectivity index (χ0n) is 37.6. The number of thioether (sulfide) groups is 1. The highest BCUT2D eigenvalue weighted by atomic mass is 32.2. The first-order chi connectivity index (χ1) is 28.9. The van der Waals surface area contributed by atoms with Gasteiger partial charge in [0.15, 0.2) is 0 Å². The van der Waals surface area contributed by atoms with Gasteiger partial charge in [0.2, 0.25) is 0 Å². The Labute approximate surface area is 372 Å². The molecule has 2 aromatic carbocycles. The molecule has 0 aromatic heterocycles. The van der Waals surface area contributed by atoms with Crippen molar-refractivity contribution in [2.45, 2.75) is 111 Å². The van der Waals surface area contributed by atoms with Gasteiger partial charge in [-0.05, 0) is 157 Å². The quantitative estimate of drug-likeness (QED) is 0.0742. The van der Waals surface area contributed by atoms with Crippen molar-refractivity contribution >= 4 is 41.8 Å². The molecule has 2 aliphatic carbocycles. The van der Waals surface area contributed by atoms with E-state index in [9.17, 15) is 4.79 Å². The monoisotopic (exact) mass is 833 g/mol. The topological polar surface area (TPSA) is 20.3 Å². The van der Waals surface area contributed by atoms with E-state index in [1.165, 1.54) is 55.1 Å². The van der Waals surface area contributed by atoms with Crippen LogP contribution in [0.4, 0.5) is 0 Å². The predicted molar refractivity (Wildman–Crippen MR) is 267 cm³/mol. The van der Waals surface area contributed by atoms with Crippen LogP contribution < -0.4 is 0 Å². The summed E-state index contributed by atoms with van der Waals surface area (Å²) in [5, 5.41) is 0.486. The lowest BCUT2D eigenvalue weighted by molar-refractivity contribution is -0.104. The number of fused-ring (bicyclic) bond motifs is 3. The second-order valence-electron chi connectivity index (χ2n) is 16.7. The SMILES string of the molecule is C=C(/C=C\C(=C/C)C(C)(/C=C\C=O)CC)N(C1=CC=C(/C(C)=C/C(=C(/S)CCC)c2ccccc2C)C(C)CC1)C(/C=C\CC1=C[C@@H](C)C2Sc3ccccc3C2=C1)=C/C. The molecule has 0 radical (unpaired) electrons. The third kappa shape index (κ3) is 11.0. The molecule has 4 heteroatoms. The molecule has 0 saturated heterocycles. The standard InChI is InChI=1S/C56H67NOS2/c1-11-21-53(59)51(49-25-16-15-22-39(49)5)37-41(7)48-33-32-47(31-28-40(48)6)57(43(9)29-30-45(12-2)56(10,14-4)34-20-35-58)46(13-3)24-19-23-44-36-42(8)55-52(38-44)50-26-17-18-27-54(50)60-55/h12-13,15-20,22,24-27,29-30,32-38,40,42,55,59H,9,11,14,21,23,28,31H2,1-8,10H3/b24-19-,30-29-,34-20-,41-37+,45-12+,46-13+,53-51-/t40?,42-,55?,56?/m1/s1. The van der Waals surface area contributed by atoms with E-state index < -0.39 is 0 Å². The molecule has 2 aromatic rings. The second kappa shape index (κ2) is 21.8. The van der Waals surface area contributed by atoms with Gasteiger partial charge < -0.3 is 4.90 Å². The summed E-state index contributed by atoms with van der Waals surface area (Å²) >= 11 is 7.06. The molecule has 0 bridgehead atoms. The fraction of sp³-hybridized carbons (Fsp3) is 0.339. The maximum atomic E-state index is 11.3. The summed E-state index contributed by atoms with van der Waals surface area (Å²) in [5.74, 6) is 0.827. The number of benzene rings is 2. The molecular formula is C56H67NOS2. The predicted octanol–water partition coefficient (Wildman–Crippen LogP) is 16.1. The van der Waals surface area contributed by atoms with Crippen LogP contribution in [0.25, 0.3) is 11.1 Å². The summed E-state index contributed by atoms with van der Waals surface area (Å²) in [6.07, 6.45) is 35.3. The van der Waals surface area contributed by atoms with Gasteiger partial charge in [0, 0.05) is 32.7 Å². The Kier molecular flexibility index (Phi) is 16.9. The Bertz CT molecular complexity index is 2260. The van der Waals surface area contributed by atoms with Crippen LogP contribution >= 0.6 is 24.4 Å². The van der Waals surface area contributed by atoms with Gasteiger partial charge in [-0.3, -0.25) is 4.79 Å². The van der Waals surface area contributed by atoms with E-state index in [0.29, 0.717) is 17.1 Å². The zero-order chi connectivity index (χ0) is 43.4. The number of hydrogen-bond acceptors (Lipinski definition) is 4. The van der Waals surface area contributed by atoms with Gasteiger partial charge in [-0.1, -0.05) is 145 Å². The van der Waals surface area contributed by atoms with Crippen molar-refractivity contribution in [2.24, 2.45) is 17.3 Å². The van der Waals surface area contributed by atoms with Crippen molar-refractivity contribution in [1.29, 1.82) is 0 Å². The van der Waals surface area contributed by atoms with E-state index in [-0.39, 0.29) is 5.41 Å². The van der Waals surface area contributed by atoms with Crippen LogP contribution in [0.1, 0.15) is 111 Å². The lowest BCUT2D eigenvalue weighted by Gasteiger charge is -2.30. The van der Waals surface area contributed by atoms with Crippen LogP contribution in [0.15, 0.2) is 183 Å². The normalized spacial score (nSPS) is 21.4. The van der Waals surface area contributed by atoms with E-state index in [1.807, 2.05) is 17.8 Å².